The number of rotatable bonds is 6. The molecule has 1 heterocycles. The van der Waals surface area contributed by atoms with E-state index in [2.05, 4.69) is 229 Å². The largest absolute Gasteiger partial charge is 0.151 e. The third-order valence-electron chi connectivity index (χ3n) is 13.7. The van der Waals surface area contributed by atoms with E-state index in [9.17, 15) is 0 Å². The lowest BCUT2D eigenvalue weighted by Crippen LogP contribution is -1.97. The highest BCUT2D eigenvalue weighted by Gasteiger charge is 2.20. The van der Waals surface area contributed by atoms with E-state index in [4.69, 9.17) is 0 Å². The molecule has 1 aliphatic rings. The number of allylic oxidation sites excluding steroid dienone is 4. The molecule has 0 saturated carbocycles. The van der Waals surface area contributed by atoms with Gasteiger partial charge < -0.3 is 0 Å². The second-order valence-corrected chi connectivity index (χ2v) is 18.4. The third kappa shape index (κ3) is 6.76. The number of fused-ring (bicyclic) bond motifs is 6. The monoisotopic (exact) mass is 842 g/mol. The van der Waals surface area contributed by atoms with Crippen LogP contribution in [0.1, 0.15) is 24.0 Å². The fourth-order valence-corrected chi connectivity index (χ4v) is 11.2. The van der Waals surface area contributed by atoms with E-state index in [1.807, 2.05) is 0 Å². The molecule has 0 saturated heterocycles. The first kappa shape index (κ1) is 37.7. The highest BCUT2D eigenvalue weighted by atomic mass is 32.1. The minimum Gasteiger partial charge on any atom is -0.151 e. The van der Waals surface area contributed by atoms with Crippen molar-refractivity contribution in [1.82, 2.24) is 0 Å². The van der Waals surface area contributed by atoms with Gasteiger partial charge in [0.15, 0.2) is 0 Å². The summed E-state index contributed by atoms with van der Waals surface area (Å²) in [5, 5.41) is 19.9. The van der Waals surface area contributed by atoms with E-state index in [1.54, 1.807) is 11.3 Å². The summed E-state index contributed by atoms with van der Waals surface area (Å²) in [5.74, 6) is 0. The molecule has 0 nitrogen and oxygen atoms in total. The minimum atomic E-state index is 1.01. The molecule has 1 aliphatic carbocycles. The standard InChI is InChI=1S/C64H42S/c1-4-14-44-30-53-33-50(24-21-47(53)27-41(44)11-1)59-17-7-9-19-61(59)56-36-57(62-20-10-8-18-60(62)51-25-22-48-28-42-12-2-5-15-45(42)31-54(48)34-51)38-58(37-56)64-40-65-39-63(64)52-26-23-49-29-43-13-3-6-16-46(43)32-55(49)35-52/h1-7,9,11-40H,8,10H2. The quantitative estimate of drug-likeness (QED) is 0.146. The summed E-state index contributed by atoms with van der Waals surface area (Å²) in [5.41, 5.74) is 15.0. The second-order valence-electron chi connectivity index (χ2n) is 17.6. The molecule has 0 spiro atoms. The number of thiophene rings is 1. The van der Waals surface area contributed by atoms with Crippen molar-refractivity contribution >= 4 is 87.1 Å². The Kier molecular flexibility index (Phi) is 8.96. The zero-order chi connectivity index (χ0) is 42.8. The molecule has 0 fully saturated rings. The van der Waals surface area contributed by atoms with Crippen molar-refractivity contribution < 1.29 is 0 Å². The van der Waals surface area contributed by atoms with Crippen molar-refractivity contribution in [3.8, 4) is 44.5 Å². The molecule has 12 aromatic rings. The van der Waals surface area contributed by atoms with E-state index < -0.39 is 0 Å². The molecule has 0 unspecified atom stereocenters. The Morgan fingerprint density at radius 2 is 0.554 bits per heavy atom. The van der Waals surface area contributed by atoms with Crippen LogP contribution < -0.4 is 0 Å². The smallest absolute Gasteiger partial charge is 0.000228 e. The lowest BCUT2D eigenvalue weighted by molar-refractivity contribution is 1.04. The summed E-state index contributed by atoms with van der Waals surface area (Å²) in [6.07, 6.45) is 6.97. The number of hydrogen-bond acceptors (Lipinski definition) is 1. The summed E-state index contributed by atoms with van der Waals surface area (Å²) in [7, 11) is 0. The zero-order valence-electron chi connectivity index (χ0n) is 35.8. The molecular weight excluding hydrogens is 801 g/mol. The number of hydrogen-bond donors (Lipinski definition) is 0. The topological polar surface area (TPSA) is 0 Å². The Morgan fingerprint density at radius 1 is 0.231 bits per heavy atom. The van der Waals surface area contributed by atoms with Gasteiger partial charge in [-0.15, -0.1) is 0 Å². The molecule has 1 heteroatoms. The van der Waals surface area contributed by atoms with Gasteiger partial charge in [0.1, 0.15) is 0 Å². The van der Waals surface area contributed by atoms with Gasteiger partial charge in [0, 0.05) is 11.1 Å². The van der Waals surface area contributed by atoms with Crippen LogP contribution in [-0.4, -0.2) is 0 Å². The van der Waals surface area contributed by atoms with Gasteiger partial charge >= 0.3 is 0 Å². The minimum absolute atomic E-state index is 1.01. The fourth-order valence-electron chi connectivity index (χ4n) is 10.4. The third-order valence-corrected chi connectivity index (χ3v) is 14.4. The summed E-state index contributed by atoms with van der Waals surface area (Å²) < 4.78 is 0. The fraction of sp³-hybridized carbons (Fsp3) is 0.0312. The van der Waals surface area contributed by atoms with Gasteiger partial charge in [-0.1, -0.05) is 146 Å². The van der Waals surface area contributed by atoms with E-state index in [-0.39, 0.29) is 0 Å². The van der Waals surface area contributed by atoms with E-state index >= 15 is 0 Å². The molecule has 13 rings (SSSR count). The molecule has 0 bridgehead atoms. The van der Waals surface area contributed by atoms with Gasteiger partial charge in [0.25, 0.3) is 0 Å². The van der Waals surface area contributed by atoms with Crippen LogP contribution in [0.2, 0.25) is 0 Å². The van der Waals surface area contributed by atoms with Gasteiger partial charge in [0.2, 0.25) is 0 Å². The second kappa shape index (κ2) is 15.5. The van der Waals surface area contributed by atoms with Crippen LogP contribution in [0.25, 0.3) is 120 Å². The summed E-state index contributed by atoms with van der Waals surface area (Å²) in [4.78, 5) is 0. The maximum Gasteiger partial charge on any atom is 0.000228 e. The van der Waals surface area contributed by atoms with Gasteiger partial charge in [-0.05, 0) is 217 Å². The Balaban J connectivity index is 0.978. The molecule has 11 aromatic carbocycles. The van der Waals surface area contributed by atoms with E-state index in [0.717, 1.165) is 12.8 Å². The van der Waals surface area contributed by atoms with Crippen molar-refractivity contribution in [2.75, 3.05) is 0 Å². The highest BCUT2D eigenvalue weighted by molar-refractivity contribution is 7.08. The molecule has 65 heavy (non-hydrogen) atoms. The van der Waals surface area contributed by atoms with Crippen LogP contribution in [0.3, 0.4) is 0 Å². The molecular formula is C64H42S. The zero-order valence-corrected chi connectivity index (χ0v) is 36.6. The van der Waals surface area contributed by atoms with Crippen LogP contribution in [-0.2, 0) is 0 Å². The lowest BCUT2D eigenvalue weighted by atomic mass is 9.83. The lowest BCUT2D eigenvalue weighted by Gasteiger charge is -2.21. The average molecular weight is 843 g/mol. The van der Waals surface area contributed by atoms with Crippen molar-refractivity contribution in [2.24, 2.45) is 0 Å². The summed E-state index contributed by atoms with van der Waals surface area (Å²) in [6.45, 7) is 0. The molecule has 1 aromatic heterocycles. The van der Waals surface area contributed by atoms with Gasteiger partial charge in [-0.3, -0.25) is 0 Å². The number of benzene rings is 11. The van der Waals surface area contributed by atoms with E-state index in [0.29, 0.717) is 0 Å². The Hall–Kier alpha value is -7.84. The van der Waals surface area contributed by atoms with Crippen LogP contribution in [0, 0.1) is 0 Å². The SMILES string of the molecule is C1=C(c2cc(-c3ccccc3-c3ccc4cc5ccccc5cc4c3)cc(-c3cscc3-c3ccc4cc5ccccc5cc4c3)c2)C(c2ccc3cc4ccccc4cc3c2)=CCC1. The molecule has 0 aliphatic heterocycles. The van der Waals surface area contributed by atoms with Gasteiger partial charge in [0.05, 0.1) is 0 Å². The Labute approximate surface area is 382 Å². The Bertz CT molecular complexity index is 3950. The first-order valence-electron chi connectivity index (χ1n) is 22.7. The first-order chi connectivity index (χ1) is 32.1. The van der Waals surface area contributed by atoms with Crippen LogP contribution in [0.5, 0.6) is 0 Å². The normalized spacial score (nSPS) is 13.0. The predicted molar refractivity (Wildman–Crippen MR) is 283 cm³/mol. The predicted octanol–water partition coefficient (Wildman–Crippen LogP) is 18.6. The van der Waals surface area contributed by atoms with Crippen molar-refractivity contribution in [3.05, 3.63) is 240 Å². The maximum absolute atomic E-state index is 2.48. The summed E-state index contributed by atoms with van der Waals surface area (Å²) >= 11 is 1.78. The molecule has 0 atom stereocenters. The molecule has 0 radical (unpaired) electrons. The average Bonchev–Trinajstić information content (AvgIpc) is 3.87. The van der Waals surface area contributed by atoms with Crippen molar-refractivity contribution in [2.45, 2.75) is 12.8 Å². The Morgan fingerprint density at radius 3 is 1.05 bits per heavy atom. The first-order valence-corrected chi connectivity index (χ1v) is 23.6. The molecule has 304 valence electrons. The summed E-state index contributed by atoms with van der Waals surface area (Å²) in [6, 6.07) is 77.3. The van der Waals surface area contributed by atoms with Crippen LogP contribution in [0.15, 0.2) is 229 Å². The van der Waals surface area contributed by atoms with Gasteiger partial charge in [-0.2, -0.15) is 11.3 Å². The highest BCUT2D eigenvalue weighted by Crippen LogP contribution is 2.45. The maximum atomic E-state index is 2.48. The van der Waals surface area contributed by atoms with Gasteiger partial charge in [-0.25, -0.2) is 0 Å². The molecule has 0 N–H and O–H groups in total. The van der Waals surface area contributed by atoms with Crippen LogP contribution in [0.4, 0.5) is 0 Å². The van der Waals surface area contributed by atoms with Crippen LogP contribution >= 0.6 is 11.3 Å². The van der Waals surface area contributed by atoms with Crippen molar-refractivity contribution in [3.63, 3.8) is 0 Å². The molecule has 0 amide bonds. The van der Waals surface area contributed by atoms with E-state index in [1.165, 1.54) is 131 Å². The van der Waals surface area contributed by atoms with Crippen molar-refractivity contribution in [1.29, 1.82) is 0 Å².